The number of hydrogen-bond donors (Lipinski definition) is 1. The summed E-state index contributed by atoms with van der Waals surface area (Å²) in [6.07, 6.45) is 2.72. The normalized spacial score (nSPS) is 30.4. The number of aliphatic hydroxyl groups is 1. The summed E-state index contributed by atoms with van der Waals surface area (Å²) >= 11 is 0. The van der Waals surface area contributed by atoms with Gasteiger partial charge in [-0.1, -0.05) is 13.3 Å². The lowest BCUT2D eigenvalue weighted by Crippen LogP contribution is -2.30. The third-order valence-electron chi connectivity index (χ3n) is 3.28. The molecular formula is C13H24O3. The summed E-state index contributed by atoms with van der Waals surface area (Å²) in [6, 6.07) is 0. The summed E-state index contributed by atoms with van der Waals surface area (Å²) in [5, 5.41) is 9.16. The molecule has 0 bridgehead atoms. The average Bonchev–Trinajstić information content (AvgIpc) is 2.58. The van der Waals surface area contributed by atoms with Crippen LogP contribution in [-0.4, -0.2) is 23.3 Å². The van der Waals surface area contributed by atoms with Crippen molar-refractivity contribution in [3.63, 3.8) is 0 Å². The van der Waals surface area contributed by atoms with Crippen LogP contribution in [0.4, 0.5) is 0 Å². The van der Waals surface area contributed by atoms with Crippen LogP contribution in [0.15, 0.2) is 0 Å². The highest BCUT2D eigenvalue weighted by Crippen LogP contribution is 2.39. The van der Waals surface area contributed by atoms with Crippen molar-refractivity contribution in [3.05, 3.63) is 0 Å². The first-order chi connectivity index (χ1) is 7.37. The second-order valence-electron chi connectivity index (χ2n) is 5.83. The van der Waals surface area contributed by atoms with E-state index in [0.717, 1.165) is 19.3 Å². The van der Waals surface area contributed by atoms with Gasteiger partial charge in [0.1, 0.15) is 5.60 Å². The van der Waals surface area contributed by atoms with Crippen molar-refractivity contribution in [3.8, 4) is 0 Å². The van der Waals surface area contributed by atoms with Crippen molar-refractivity contribution in [2.24, 2.45) is 17.8 Å². The minimum atomic E-state index is -0.410. The van der Waals surface area contributed by atoms with E-state index >= 15 is 0 Å². The minimum absolute atomic E-state index is 0.0126. The fraction of sp³-hybridized carbons (Fsp3) is 0.923. The number of carbonyl (C=O) groups is 1. The van der Waals surface area contributed by atoms with E-state index in [9.17, 15) is 4.79 Å². The number of aliphatic hydroxyl groups excluding tert-OH is 1. The molecule has 1 N–H and O–H groups in total. The molecule has 0 spiro atoms. The van der Waals surface area contributed by atoms with Gasteiger partial charge in [-0.05, 0) is 45.4 Å². The first kappa shape index (κ1) is 13.5. The lowest BCUT2D eigenvalue weighted by atomic mass is 9.93. The van der Waals surface area contributed by atoms with Crippen molar-refractivity contribution in [2.45, 2.75) is 52.6 Å². The molecular weight excluding hydrogens is 204 g/mol. The molecule has 1 aliphatic carbocycles. The van der Waals surface area contributed by atoms with E-state index < -0.39 is 5.60 Å². The summed E-state index contributed by atoms with van der Waals surface area (Å²) in [5.41, 5.74) is -0.410. The molecule has 3 heteroatoms. The van der Waals surface area contributed by atoms with Crippen LogP contribution in [-0.2, 0) is 9.53 Å². The Morgan fingerprint density at radius 3 is 2.44 bits per heavy atom. The Morgan fingerprint density at radius 1 is 1.38 bits per heavy atom. The monoisotopic (exact) mass is 228 g/mol. The van der Waals surface area contributed by atoms with Gasteiger partial charge in [0.15, 0.2) is 0 Å². The number of ether oxygens (including phenoxy) is 1. The predicted octanol–water partition coefficient (Wildman–Crippen LogP) is 2.37. The molecule has 0 radical (unpaired) electrons. The first-order valence-electron chi connectivity index (χ1n) is 6.21. The highest BCUT2D eigenvalue weighted by molar-refractivity contribution is 5.73. The van der Waals surface area contributed by atoms with E-state index in [1.165, 1.54) is 0 Å². The van der Waals surface area contributed by atoms with Gasteiger partial charge in [-0.3, -0.25) is 4.79 Å². The Balaban J connectivity index is 2.61. The van der Waals surface area contributed by atoms with Gasteiger partial charge in [0, 0.05) is 6.61 Å². The second-order valence-corrected chi connectivity index (χ2v) is 5.83. The van der Waals surface area contributed by atoms with Crippen LogP contribution < -0.4 is 0 Å². The van der Waals surface area contributed by atoms with Crippen molar-refractivity contribution < 1.29 is 14.6 Å². The minimum Gasteiger partial charge on any atom is -0.460 e. The molecule has 0 aromatic rings. The maximum absolute atomic E-state index is 12.0. The maximum atomic E-state index is 12.0. The molecule has 1 fully saturated rings. The van der Waals surface area contributed by atoms with Gasteiger partial charge in [-0.15, -0.1) is 0 Å². The smallest absolute Gasteiger partial charge is 0.309 e. The Morgan fingerprint density at radius 2 is 2.00 bits per heavy atom. The molecule has 0 unspecified atom stereocenters. The van der Waals surface area contributed by atoms with Gasteiger partial charge in [-0.25, -0.2) is 0 Å². The summed E-state index contributed by atoms with van der Waals surface area (Å²) in [7, 11) is 0. The topological polar surface area (TPSA) is 46.5 Å². The predicted molar refractivity (Wildman–Crippen MR) is 62.9 cm³/mol. The molecule has 0 aromatic heterocycles. The molecule has 1 aliphatic rings. The van der Waals surface area contributed by atoms with Crippen LogP contribution in [0.25, 0.3) is 0 Å². The van der Waals surface area contributed by atoms with Crippen molar-refractivity contribution in [1.82, 2.24) is 0 Å². The Labute approximate surface area is 98.2 Å². The van der Waals surface area contributed by atoms with Gasteiger partial charge < -0.3 is 9.84 Å². The van der Waals surface area contributed by atoms with Crippen LogP contribution in [0.5, 0.6) is 0 Å². The molecule has 0 saturated heterocycles. The summed E-state index contributed by atoms with van der Waals surface area (Å²) in [6.45, 7) is 7.97. The van der Waals surface area contributed by atoms with Crippen molar-refractivity contribution >= 4 is 5.97 Å². The molecule has 1 saturated carbocycles. The highest BCUT2D eigenvalue weighted by atomic mass is 16.6. The molecule has 1 rings (SSSR count). The summed E-state index contributed by atoms with van der Waals surface area (Å²) in [5.74, 6) is 0.561. The lowest BCUT2D eigenvalue weighted by molar-refractivity contribution is -0.161. The van der Waals surface area contributed by atoms with Crippen LogP contribution in [0.3, 0.4) is 0 Å². The SMILES string of the molecule is CC[C@H]1C[C@@H](CO)C[C@H]1C(=O)OC(C)(C)C. The largest absolute Gasteiger partial charge is 0.460 e. The second kappa shape index (κ2) is 5.17. The van der Waals surface area contributed by atoms with Gasteiger partial charge in [-0.2, -0.15) is 0 Å². The third-order valence-corrected chi connectivity index (χ3v) is 3.28. The van der Waals surface area contributed by atoms with Gasteiger partial charge in [0.2, 0.25) is 0 Å². The van der Waals surface area contributed by atoms with Crippen molar-refractivity contribution in [1.29, 1.82) is 0 Å². The fourth-order valence-electron chi connectivity index (χ4n) is 2.51. The van der Waals surface area contributed by atoms with E-state index in [4.69, 9.17) is 9.84 Å². The van der Waals surface area contributed by atoms with Crippen LogP contribution in [0.2, 0.25) is 0 Å². The van der Waals surface area contributed by atoms with Crippen LogP contribution in [0.1, 0.15) is 47.0 Å². The van der Waals surface area contributed by atoms with E-state index in [1.54, 1.807) is 0 Å². The zero-order chi connectivity index (χ0) is 12.3. The number of rotatable bonds is 3. The maximum Gasteiger partial charge on any atom is 0.309 e. The number of esters is 1. The Kier molecular flexibility index (Phi) is 4.36. The first-order valence-corrected chi connectivity index (χ1v) is 6.21. The average molecular weight is 228 g/mol. The molecule has 0 aliphatic heterocycles. The van der Waals surface area contributed by atoms with Gasteiger partial charge in [0.25, 0.3) is 0 Å². The Hall–Kier alpha value is -0.570. The van der Waals surface area contributed by atoms with E-state index in [0.29, 0.717) is 5.92 Å². The van der Waals surface area contributed by atoms with Gasteiger partial charge >= 0.3 is 5.97 Å². The molecule has 0 heterocycles. The zero-order valence-corrected chi connectivity index (χ0v) is 10.8. The quantitative estimate of drug-likeness (QED) is 0.754. The molecule has 0 amide bonds. The number of hydrogen-bond acceptors (Lipinski definition) is 3. The highest BCUT2D eigenvalue weighted by Gasteiger charge is 2.39. The standard InChI is InChI=1S/C13H24O3/c1-5-10-6-9(8-14)7-11(10)12(15)16-13(2,3)4/h9-11,14H,5-8H2,1-4H3/t9-,10+,11-/m1/s1. The lowest BCUT2D eigenvalue weighted by Gasteiger charge is -2.24. The fourth-order valence-corrected chi connectivity index (χ4v) is 2.51. The summed E-state index contributed by atoms with van der Waals surface area (Å²) < 4.78 is 5.43. The molecule has 94 valence electrons. The zero-order valence-electron chi connectivity index (χ0n) is 10.8. The molecule has 3 nitrogen and oxygen atoms in total. The van der Waals surface area contributed by atoms with Gasteiger partial charge in [0.05, 0.1) is 5.92 Å². The molecule has 0 aromatic carbocycles. The molecule has 3 atom stereocenters. The number of carbonyl (C=O) groups excluding carboxylic acids is 1. The van der Waals surface area contributed by atoms with E-state index in [-0.39, 0.29) is 24.4 Å². The third kappa shape index (κ3) is 3.48. The molecule has 16 heavy (non-hydrogen) atoms. The Bertz CT molecular complexity index is 242. The van der Waals surface area contributed by atoms with Crippen LogP contribution >= 0.6 is 0 Å². The van der Waals surface area contributed by atoms with Crippen molar-refractivity contribution in [2.75, 3.05) is 6.61 Å². The van der Waals surface area contributed by atoms with E-state index in [1.807, 2.05) is 20.8 Å². The summed E-state index contributed by atoms with van der Waals surface area (Å²) in [4.78, 5) is 12.0. The van der Waals surface area contributed by atoms with Crippen LogP contribution in [0, 0.1) is 17.8 Å². The van der Waals surface area contributed by atoms with E-state index in [2.05, 4.69) is 6.92 Å².